The monoisotopic (exact) mass is 269 g/mol. The number of fused-ring (bicyclic) bond motifs is 1. The van der Waals surface area contributed by atoms with E-state index in [4.69, 9.17) is 9.84 Å². The van der Waals surface area contributed by atoms with Gasteiger partial charge in [0, 0.05) is 12.6 Å². The average molecular weight is 269 g/mol. The van der Waals surface area contributed by atoms with Crippen LogP contribution in [0.25, 0.3) is 0 Å². The van der Waals surface area contributed by atoms with Gasteiger partial charge in [0.05, 0.1) is 5.92 Å². The van der Waals surface area contributed by atoms with Gasteiger partial charge in [-0.1, -0.05) is 6.92 Å². The lowest BCUT2D eigenvalue weighted by Gasteiger charge is -2.37. The molecule has 4 atom stereocenters. The fraction of sp³-hybridized carbons (Fsp3) is 0.857. The fourth-order valence-corrected chi connectivity index (χ4v) is 3.12. The second-order valence-electron chi connectivity index (χ2n) is 6.83. The summed E-state index contributed by atoms with van der Waals surface area (Å²) in [6.45, 7) is 8.02. The van der Waals surface area contributed by atoms with Crippen LogP contribution in [0.15, 0.2) is 0 Å². The number of nitrogens with zero attached hydrogens (tertiary/aromatic N) is 1. The number of carbonyl (C=O) groups is 2. The molecule has 3 rings (SSSR count). The van der Waals surface area contributed by atoms with Gasteiger partial charge in [0.2, 0.25) is 0 Å². The van der Waals surface area contributed by atoms with Crippen molar-refractivity contribution in [1.29, 1.82) is 0 Å². The first-order chi connectivity index (χ1) is 8.69. The lowest BCUT2D eigenvalue weighted by atomic mass is 9.70. The molecular formula is C14H23NO4. The molecular weight excluding hydrogens is 246 g/mol. The van der Waals surface area contributed by atoms with Crippen LogP contribution in [0.4, 0.5) is 4.79 Å². The van der Waals surface area contributed by atoms with E-state index in [1.54, 1.807) is 11.8 Å². The van der Waals surface area contributed by atoms with Crippen LogP contribution in [0, 0.1) is 17.8 Å². The van der Waals surface area contributed by atoms with Gasteiger partial charge in [-0.15, -0.1) is 0 Å². The molecule has 1 amide bonds. The Hall–Kier alpha value is -1.26. The molecule has 0 aromatic rings. The molecule has 19 heavy (non-hydrogen) atoms. The Morgan fingerprint density at radius 3 is 2.58 bits per heavy atom. The highest BCUT2D eigenvalue weighted by Gasteiger charge is 2.54. The Morgan fingerprint density at radius 1 is 1.42 bits per heavy atom. The number of hydrogen-bond acceptors (Lipinski definition) is 3. The molecule has 2 aliphatic heterocycles. The summed E-state index contributed by atoms with van der Waals surface area (Å²) >= 11 is 0. The fourth-order valence-electron chi connectivity index (χ4n) is 3.12. The Kier molecular flexibility index (Phi) is 3.49. The molecule has 1 N–H and O–H groups in total. The predicted molar refractivity (Wildman–Crippen MR) is 69.7 cm³/mol. The molecule has 5 nitrogen and oxygen atoms in total. The van der Waals surface area contributed by atoms with Crippen molar-refractivity contribution in [3.8, 4) is 0 Å². The van der Waals surface area contributed by atoms with Crippen molar-refractivity contribution in [1.82, 2.24) is 4.90 Å². The molecule has 3 fully saturated rings. The van der Waals surface area contributed by atoms with Gasteiger partial charge in [-0.05, 0) is 45.4 Å². The van der Waals surface area contributed by atoms with Crippen molar-refractivity contribution < 1.29 is 19.4 Å². The summed E-state index contributed by atoms with van der Waals surface area (Å²) in [5.41, 5.74) is -0.478. The second-order valence-corrected chi connectivity index (χ2v) is 6.83. The van der Waals surface area contributed by atoms with E-state index in [-0.39, 0.29) is 18.1 Å². The predicted octanol–water partition coefficient (Wildman–Crippen LogP) is 2.35. The third-order valence-corrected chi connectivity index (χ3v) is 4.15. The highest BCUT2D eigenvalue weighted by atomic mass is 16.6. The molecule has 5 heteroatoms. The summed E-state index contributed by atoms with van der Waals surface area (Å²) in [4.78, 5) is 24.7. The van der Waals surface area contributed by atoms with Gasteiger partial charge in [0.15, 0.2) is 0 Å². The Bertz CT molecular complexity index is 387. The van der Waals surface area contributed by atoms with Gasteiger partial charge >= 0.3 is 12.1 Å². The maximum absolute atomic E-state index is 12.1. The van der Waals surface area contributed by atoms with Gasteiger partial charge in [0.25, 0.3) is 0 Å². The Morgan fingerprint density at radius 2 is 2.05 bits per heavy atom. The number of hydrogen-bond donors (Lipinski definition) is 1. The zero-order chi connectivity index (χ0) is 14.4. The summed E-state index contributed by atoms with van der Waals surface area (Å²) in [6.07, 6.45) is 1.39. The van der Waals surface area contributed by atoms with Crippen molar-refractivity contribution in [2.75, 3.05) is 6.54 Å². The van der Waals surface area contributed by atoms with E-state index in [1.807, 2.05) is 20.8 Å². The molecule has 0 spiro atoms. The highest BCUT2D eigenvalue weighted by Crippen LogP contribution is 2.49. The first kappa shape index (κ1) is 14.2. The van der Waals surface area contributed by atoms with Gasteiger partial charge < -0.3 is 14.7 Å². The van der Waals surface area contributed by atoms with Crippen molar-refractivity contribution in [3.05, 3.63) is 0 Å². The van der Waals surface area contributed by atoms with Crippen LogP contribution in [0.2, 0.25) is 0 Å². The molecule has 2 heterocycles. The van der Waals surface area contributed by atoms with Crippen LogP contribution in [-0.2, 0) is 9.53 Å². The minimum Gasteiger partial charge on any atom is -0.481 e. The molecule has 1 aliphatic carbocycles. The number of amides is 1. The molecule has 0 radical (unpaired) electrons. The number of carboxylic acid groups (broad SMARTS) is 1. The molecule has 0 aromatic heterocycles. The van der Waals surface area contributed by atoms with E-state index in [1.165, 1.54) is 0 Å². The summed E-state index contributed by atoms with van der Waals surface area (Å²) in [5.74, 6) is -0.304. The first-order valence-corrected chi connectivity index (χ1v) is 6.91. The van der Waals surface area contributed by atoms with Crippen LogP contribution in [0.1, 0.15) is 40.5 Å². The quantitative estimate of drug-likeness (QED) is 0.854. The first-order valence-electron chi connectivity index (χ1n) is 6.91. The van der Waals surface area contributed by atoms with Crippen molar-refractivity contribution in [2.24, 2.45) is 17.8 Å². The third kappa shape index (κ3) is 2.85. The normalized spacial score (nSPS) is 30.7. The molecule has 2 saturated heterocycles. The maximum atomic E-state index is 12.1. The zero-order valence-electron chi connectivity index (χ0n) is 12.0. The van der Waals surface area contributed by atoms with E-state index in [0.29, 0.717) is 18.3 Å². The van der Waals surface area contributed by atoms with Crippen LogP contribution in [0.5, 0.6) is 0 Å². The van der Waals surface area contributed by atoms with E-state index in [9.17, 15) is 9.59 Å². The largest absolute Gasteiger partial charge is 0.481 e. The molecule has 2 unspecified atom stereocenters. The number of carbonyl (C=O) groups excluding carboxylic acids is 1. The third-order valence-electron chi connectivity index (χ3n) is 4.15. The summed E-state index contributed by atoms with van der Waals surface area (Å²) in [7, 11) is 0. The molecule has 2 bridgehead atoms. The smallest absolute Gasteiger partial charge is 0.410 e. The number of carboxylic acids is 1. The van der Waals surface area contributed by atoms with E-state index in [0.717, 1.165) is 13.0 Å². The van der Waals surface area contributed by atoms with Gasteiger partial charge in [-0.2, -0.15) is 0 Å². The number of ether oxygens (including phenoxy) is 1. The molecule has 3 aliphatic rings. The van der Waals surface area contributed by atoms with Gasteiger partial charge in [-0.3, -0.25) is 4.79 Å². The summed E-state index contributed by atoms with van der Waals surface area (Å²) < 4.78 is 5.39. The Labute approximate surface area is 113 Å². The maximum Gasteiger partial charge on any atom is 0.410 e. The molecule has 0 aromatic carbocycles. The van der Waals surface area contributed by atoms with E-state index < -0.39 is 11.6 Å². The molecule has 108 valence electrons. The van der Waals surface area contributed by atoms with Crippen LogP contribution in [0.3, 0.4) is 0 Å². The lowest BCUT2D eigenvalue weighted by molar-refractivity contribution is -0.142. The highest BCUT2D eigenvalue weighted by molar-refractivity contribution is 5.71. The van der Waals surface area contributed by atoms with Gasteiger partial charge in [-0.25, -0.2) is 4.79 Å². The topological polar surface area (TPSA) is 66.8 Å². The number of rotatable bonds is 3. The minimum atomic E-state index is -0.755. The average Bonchev–Trinajstić information content (AvgIpc) is 2.80. The van der Waals surface area contributed by atoms with Gasteiger partial charge in [0.1, 0.15) is 5.60 Å². The standard InChI is InChI=1S/C14H23NO4/c1-8(12(16)17)5-10-9-6-11(10)15(7-9)13(18)19-14(2,3)4/h8-11H,5-7H2,1-4H3,(H,16,17)/t8?,9-,10?,11-/m0/s1. The summed E-state index contributed by atoms with van der Waals surface area (Å²) in [5, 5.41) is 8.97. The van der Waals surface area contributed by atoms with Crippen molar-refractivity contribution in [3.63, 3.8) is 0 Å². The minimum absolute atomic E-state index is 0.182. The number of aliphatic carboxylic acids is 1. The van der Waals surface area contributed by atoms with Crippen molar-refractivity contribution >= 4 is 12.1 Å². The van der Waals surface area contributed by atoms with Crippen LogP contribution < -0.4 is 0 Å². The lowest BCUT2D eigenvalue weighted by Crippen LogP contribution is -2.44. The summed E-state index contributed by atoms with van der Waals surface area (Å²) in [6, 6.07) is 0.182. The van der Waals surface area contributed by atoms with E-state index >= 15 is 0 Å². The second kappa shape index (κ2) is 4.69. The SMILES string of the molecule is CC(CC1[C@H]2C[C@@H]1N(C(=O)OC(C)(C)C)C2)C(=O)O. The zero-order valence-corrected chi connectivity index (χ0v) is 12.0. The van der Waals surface area contributed by atoms with E-state index in [2.05, 4.69) is 0 Å². The molecule has 1 saturated carbocycles. The van der Waals surface area contributed by atoms with Crippen molar-refractivity contribution in [2.45, 2.75) is 52.2 Å². The van der Waals surface area contributed by atoms with Crippen LogP contribution in [-0.4, -0.2) is 40.3 Å². The van der Waals surface area contributed by atoms with Crippen LogP contribution >= 0.6 is 0 Å². The Balaban J connectivity index is 1.91.